The Balaban J connectivity index is 2.10. The lowest BCUT2D eigenvalue weighted by Gasteiger charge is -2.25. The fourth-order valence-electron chi connectivity index (χ4n) is 2.32. The number of hydrogen-bond donors (Lipinski definition) is 1. The maximum Gasteiger partial charge on any atom is 0.241 e. The molecule has 0 fully saturated rings. The second-order valence-corrected chi connectivity index (χ2v) is 6.07. The van der Waals surface area contributed by atoms with E-state index in [0.29, 0.717) is 17.3 Å². The highest BCUT2D eigenvalue weighted by atomic mass is 35.5. The summed E-state index contributed by atoms with van der Waals surface area (Å²) in [5.41, 5.74) is 0.349. The molecular weight excluding hydrogens is 350 g/mol. The molecule has 1 N–H and O–H groups in total. The molecular formula is C18H19ClF2N2O2. The predicted octanol–water partition coefficient (Wildman–Crippen LogP) is 4.09. The summed E-state index contributed by atoms with van der Waals surface area (Å²) in [6.07, 6.45) is 0. The Morgan fingerprint density at radius 1 is 1.28 bits per heavy atom. The van der Waals surface area contributed by atoms with Crippen LogP contribution in [0.25, 0.3) is 0 Å². The van der Waals surface area contributed by atoms with Gasteiger partial charge in [0.15, 0.2) is 0 Å². The normalized spacial score (nSPS) is 12.1. The Bertz CT molecular complexity index is 750. The van der Waals surface area contributed by atoms with Crippen LogP contribution in [0.15, 0.2) is 36.4 Å². The van der Waals surface area contributed by atoms with Gasteiger partial charge in [0.1, 0.15) is 23.1 Å². The van der Waals surface area contributed by atoms with E-state index in [1.54, 1.807) is 44.2 Å². The van der Waals surface area contributed by atoms with E-state index < -0.39 is 29.3 Å². The number of rotatable bonds is 6. The first kappa shape index (κ1) is 19.1. The van der Waals surface area contributed by atoms with Crippen molar-refractivity contribution in [3.8, 4) is 5.75 Å². The standard InChI is InChI=1S/C18H19ClF2N2O2/c1-11(18(24)22-17-14(20)5-4-6-15(17)21)23(2)10-12-9-13(19)7-8-16(12)25-3/h4-9,11H,10H2,1-3H3,(H,22,24). The second-order valence-electron chi connectivity index (χ2n) is 5.63. The third-order valence-corrected chi connectivity index (χ3v) is 4.15. The number of anilines is 1. The van der Waals surface area contributed by atoms with Crippen LogP contribution in [0.2, 0.25) is 5.02 Å². The Kier molecular flexibility index (Phi) is 6.33. The lowest BCUT2D eigenvalue weighted by Crippen LogP contribution is -2.39. The Hall–Kier alpha value is -2.18. The van der Waals surface area contributed by atoms with Crippen LogP contribution in [0.4, 0.5) is 14.5 Å². The van der Waals surface area contributed by atoms with Crippen LogP contribution in [-0.4, -0.2) is 31.0 Å². The monoisotopic (exact) mass is 368 g/mol. The summed E-state index contributed by atoms with van der Waals surface area (Å²) in [5, 5.41) is 2.85. The number of para-hydroxylation sites is 1. The number of halogens is 3. The fourth-order valence-corrected chi connectivity index (χ4v) is 2.52. The smallest absolute Gasteiger partial charge is 0.241 e. The van der Waals surface area contributed by atoms with Crippen molar-refractivity contribution in [1.29, 1.82) is 0 Å². The van der Waals surface area contributed by atoms with Crippen molar-refractivity contribution in [1.82, 2.24) is 4.90 Å². The first-order chi connectivity index (χ1) is 11.8. The molecule has 0 aliphatic carbocycles. The largest absolute Gasteiger partial charge is 0.496 e. The highest BCUT2D eigenvalue weighted by Gasteiger charge is 2.22. The number of carbonyl (C=O) groups excluding carboxylic acids is 1. The molecule has 0 spiro atoms. The SMILES string of the molecule is COc1ccc(Cl)cc1CN(C)C(C)C(=O)Nc1c(F)cccc1F. The van der Waals surface area contributed by atoms with E-state index in [4.69, 9.17) is 16.3 Å². The number of amides is 1. The van der Waals surface area contributed by atoms with Crippen LogP contribution in [0.1, 0.15) is 12.5 Å². The van der Waals surface area contributed by atoms with Crippen LogP contribution in [0, 0.1) is 11.6 Å². The molecule has 134 valence electrons. The van der Waals surface area contributed by atoms with E-state index >= 15 is 0 Å². The van der Waals surface area contributed by atoms with Crippen molar-refractivity contribution in [2.75, 3.05) is 19.5 Å². The minimum atomic E-state index is -0.820. The molecule has 1 unspecified atom stereocenters. The number of hydrogen-bond acceptors (Lipinski definition) is 3. The van der Waals surface area contributed by atoms with E-state index in [1.807, 2.05) is 0 Å². The molecule has 0 saturated carbocycles. The molecule has 0 aromatic heterocycles. The van der Waals surface area contributed by atoms with E-state index in [2.05, 4.69) is 5.32 Å². The van der Waals surface area contributed by atoms with E-state index in [1.165, 1.54) is 6.07 Å². The van der Waals surface area contributed by atoms with Gasteiger partial charge in [0, 0.05) is 17.1 Å². The molecule has 2 rings (SSSR count). The number of carbonyl (C=O) groups is 1. The van der Waals surface area contributed by atoms with Gasteiger partial charge in [-0.3, -0.25) is 9.69 Å². The molecule has 0 aliphatic rings. The number of ether oxygens (including phenoxy) is 1. The third kappa shape index (κ3) is 4.67. The topological polar surface area (TPSA) is 41.6 Å². The van der Waals surface area contributed by atoms with Gasteiger partial charge in [-0.25, -0.2) is 8.78 Å². The Labute approximate surface area is 150 Å². The first-order valence-corrected chi connectivity index (χ1v) is 7.98. The summed E-state index contributed by atoms with van der Waals surface area (Å²) in [6, 6.07) is 7.97. The van der Waals surface area contributed by atoms with Gasteiger partial charge in [-0.2, -0.15) is 0 Å². The van der Waals surface area contributed by atoms with Crippen molar-refractivity contribution < 1.29 is 18.3 Å². The van der Waals surface area contributed by atoms with Gasteiger partial charge < -0.3 is 10.1 Å². The summed E-state index contributed by atoms with van der Waals surface area (Å²) in [7, 11) is 3.27. The van der Waals surface area contributed by atoms with Crippen LogP contribution in [0.3, 0.4) is 0 Å². The zero-order valence-corrected chi connectivity index (χ0v) is 14.9. The molecule has 0 saturated heterocycles. The molecule has 25 heavy (non-hydrogen) atoms. The molecule has 0 radical (unpaired) electrons. The summed E-state index contributed by atoms with van der Waals surface area (Å²) < 4.78 is 32.6. The van der Waals surface area contributed by atoms with Gasteiger partial charge in [0.2, 0.25) is 5.91 Å². The van der Waals surface area contributed by atoms with Crippen molar-refractivity contribution in [2.45, 2.75) is 19.5 Å². The molecule has 7 heteroatoms. The lowest BCUT2D eigenvalue weighted by atomic mass is 10.1. The van der Waals surface area contributed by atoms with Crippen LogP contribution < -0.4 is 10.1 Å². The van der Waals surface area contributed by atoms with E-state index in [9.17, 15) is 13.6 Å². The highest BCUT2D eigenvalue weighted by Crippen LogP contribution is 2.24. The zero-order valence-electron chi connectivity index (χ0n) is 14.1. The molecule has 1 atom stereocenters. The Morgan fingerprint density at radius 3 is 2.52 bits per heavy atom. The second kappa shape index (κ2) is 8.27. The molecule has 2 aromatic carbocycles. The molecule has 0 bridgehead atoms. The van der Waals surface area contributed by atoms with Gasteiger partial charge in [-0.05, 0) is 44.3 Å². The highest BCUT2D eigenvalue weighted by molar-refractivity contribution is 6.30. The maximum atomic E-state index is 13.7. The minimum Gasteiger partial charge on any atom is -0.496 e. The van der Waals surface area contributed by atoms with E-state index in [-0.39, 0.29) is 0 Å². The molecule has 0 aliphatic heterocycles. The summed E-state index contributed by atoms with van der Waals surface area (Å²) >= 11 is 6.00. The van der Waals surface area contributed by atoms with Crippen molar-refractivity contribution in [3.63, 3.8) is 0 Å². The molecule has 0 heterocycles. The van der Waals surface area contributed by atoms with Crippen molar-refractivity contribution >= 4 is 23.2 Å². The molecule has 4 nitrogen and oxygen atoms in total. The number of nitrogens with one attached hydrogen (secondary N) is 1. The number of benzene rings is 2. The number of likely N-dealkylation sites (N-methyl/N-ethyl adjacent to an activating group) is 1. The maximum absolute atomic E-state index is 13.7. The average Bonchev–Trinajstić information content (AvgIpc) is 2.57. The van der Waals surface area contributed by atoms with Crippen molar-refractivity contribution in [3.05, 3.63) is 58.6 Å². The first-order valence-electron chi connectivity index (χ1n) is 7.61. The van der Waals surface area contributed by atoms with Crippen LogP contribution in [0.5, 0.6) is 5.75 Å². The quantitative estimate of drug-likeness (QED) is 0.835. The van der Waals surface area contributed by atoms with Gasteiger partial charge in [0.25, 0.3) is 0 Å². The van der Waals surface area contributed by atoms with Crippen LogP contribution >= 0.6 is 11.6 Å². The summed E-state index contributed by atoms with van der Waals surface area (Å²) in [6.45, 7) is 2.02. The van der Waals surface area contributed by atoms with Gasteiger partial charge in [-0.15, -0.1) is 0 Å². The number of methoxy groups -OCH3 is 1. The number of nitrogens with zero attached hydrogens (tertiary/aromatic N) is 1. The summed E-state index contributed by atoms with van der Waals surface area (Å²) in [5.74, 6) is -1.52. The minimum absolute atomic E-state index is 0.373. The van der Waals surface area contributed by atoms with Crippen molar-refractivity contribution in [2.24, 2.45) is 0 Å². The van der Waals surface area contributed by atoms with Gasteiger partial charge in [-0.1, -0.05) is 17.7 Å². The molecule has 1 amide bonds. The molecule has 2 aromatic rings. The lowest BCUT2D eigenvalue weighted by molar-refractivity contribution is -0.120. The van der Waals surface area contributed by atoms with Gasteiger partial charge in [0.05, 0.1) is 13.2 Å². The van der Waals surface area contributed by atoms with E-state index in [0.717, 1.165) is 17.7 Å². The Morgan fingerprint density at radius 2 is 1.92 bits per heavy atom. The van der Waals surface area contributed by atoms with Gasteiger partial charge >= 0.3 is 0 Å². The average molecular weight is 369 g/mol. The van der Waals surface area contributed by atoms with Crippen LogP contribution in [-0.2, 0) is 11.3 Å². The third-order valence-electron chi connectivity index (χ3n) is 3.91. The summed E-state index contributed by atoms with van der Waals surface area (Å²) in [4.78, 5) is 14.1. The fraction of sp³-hybridized carbons (Fsp3) is 0.278. The predicted molar refractivity (Wildman–Crippen MR) is 93.9 cm³/mol. The zero-order chi connectivity index (χ0) is 18.6.